The van der Waals surface area contributed by atoms with E-state index in [1.54, 1.807) is 84.9 Å². The van der Waals surface area contributed by atoms with E-state index in [0.29, 0.717) is 45.4 Å². The monoisotopic (exact) mass is 510 g/mol. The van der Waals surface area contributed by atoms with Gasteiger partial charge in [-0.2, -0.15) is 0 Å². The lowest BCUT2D eigenvalue weighted by molar-refractivity contribution is 0.101. The number of hydrogen-bond acceptors (Lipinski definition) is 5. The molecule has 0 spiro atoms. The molecule has 0 saturated carbocycles. The Balaban J connectivity index is 1.31. The lowest BCUT2D eigenvalue weighted by Crippen LogP contribution is -2.20. The minimum Gasteiger partial charge on any atom is -0.495 e. The molecule has 0 atom stereocenters. The summed E-state index contributed by atoms with van der Waals surface area (Å²) in [5.74, 6) is 0.502. The van der Waals surface area contributed by atoms with Crippen LogP contribution in [0.3, 0.4) is 0 Å². The van der Waals surface area contributed by atoms with Crippen molar-refractivity contribution in [1.82, 2.24) is 0 Å². The Labute approximate surface area is 219 Å². The summed E-state index contributed by atoms with van der Waals surface area (Å²) < 4.78 is 10.5. The minimum absolute atomic E-state index is 0.305. The molecule has 4 aromatic rings. The SMILES string of the molecule is COc1ccccc1NC(=O)c1ccc(NC(=O)Nc2ccc(C(=O)Nc3ccccc3OC)cc2)cc1. The number of amides is 4. The molecular formula is C29H26N4O5. The van der Waals surface area contributed by atoms with Gasteiger partial charge in [-0.3, -0.25) is 9.59 Å². The van der Waals surface area contributed by atoms with Gasteiger partial charge in [-0.15, -0.1) is 0 Å². The summed E-state index contributed by atoms with van der Waals surface area (Å²) >= 11 is 0. The standard InChI is InChI=1S/C29H26N4O5/c1-37-25-9-5-3-7-23(25)32-27(34)19-11-15-21(16-12-19)30-29(36)31-22-17-13-20(14-18-22)28(35)33-24-8-4-6-10-26(24)38-2/h3-18H,1-2H3,(H,32,34)(H,33,35)(H2,30,31,36). The lowest BCUT2D eigenvalue weighted by atomic mass is 10.2. The summed E-state index contributed by atoms with van der Waals surface area (Å²) in [6, 6.07) is 26.7. The molecule has 0 saturated heterocycles. The first-order valence-corrected chi connectivity index (χ1v) is 11.6. The van der Waals surface area contributed by atoms with Crippen LogP contribution < -0.4 is 30.7 Å². The number of para-hydroxylation sites is 4. The van der Waals surface area contributed by atoms with Gasteiger partial charge in [-0.1, -0.05) is 24.3 Å². The van der Waals surface area contributed by atoms with Crippen molar-refractivity contribution in [3.8, 4) is 11.5 Å². The second kappa shape index (κ2) is 12.1. The highest BCUT2D eigenvalue weighted by atomic mass is 16.5. The molecule has 4 N–H and O–H groups in total. The largest absolute Gasteiger partial charge is 0.495 e. The molecule has 4 amide bonds. The van der Waals surface area contributed by atoms with Gasteiger partial charge >= 0.3 is 6.03 Å². The number of methoxy groups -OCH3 is 2. The first-order valence-electron chi connectivity index (χ1n) is 11.6. The Bertz CT molecular complexity index is 1330. The highest BCUT2D eigenvalue weighted by Crippen LogP contribution is 2.25. The first kappa shape index (κ1) is 25.8. The van der Waals surface area contributed by atoms with Crippen LogP contribution in [-0.4, -0.2) is 32.1 Å². The summed E-state index contributed by atoms with van der Waals surface area (Å²) in [6.45, 7) is 0. The van der Waals surface area contributed by atoms with Crippen molar-refractivity contribution in [2.24, 2.45) is 0 Å². The number of rotatable bonds is 8. The third kappa shape index (κ3) is 6.46. The fourth-order valence-electron chi connectivity index (χ4n) is 3.59. The van der Waals surface area contributed by atoms with Crippen LogP contribution in [-0.2, 0) is 0 Å². The van der Waals surface area contributed by atoms with Crippen molar-refractivity contribution >= 4 is 40.6 Å². The van der Waals surface area contributed by atoms with Gasteiger partial charge in [0.25, 0.3) is 11.8 Å². The summed E-state index contributed by atoms with van der Waals surface area (Å²) in [6.07, 6.45) is 0. The molecule has 0 aliphatic heterocycles. The maximum absolute atomic E-state index is 12.6. The van der Waals surface area contributed by atoms with Gasteiger partial charge in [0.05, 0.1) is 25.6 Å². The smallest absolute Gasteiger partial charge is 0.323 e. The van der Waals surface area contributed by atoms with Crippen LogP contribution >= 0.6 is 0 Å². The second-order valence-corrected chi connectivity index (χ2v) is 8.04. The predicted octanol–water partition coefficient (Wildman–Crippen LogP) is 5.85. The van der Waals surface area contributed by atoms with Gasteiger partial charge in [0, 0.05) is 22.5 Å². The summed E-state index contributed by atoms with van der Waals surface area (Å²) in [4.78, 5) is 37.6. The van der Waals surface area contributed by atoms with Gasteiger partial charge in [0.2, 0.25) is 0 Å². The molecule has 4 rings (SSSR count). The summed E-state index contributed by atoms with van der Waals surface area (Å²) in [5.41, 5.74) is 2.97. The van der Waals surface area contributed by atoms with Crippen LogP contribution in [0.1, 0.15) is 20.7 Å². The minimum atomic E-state index is -0.470. The van der Waals surface area contributed by atoms with E-state index in [1.165, 1.54) is 14.2 Å². The maximum Gasteiger partial charge on any atom is 0.323 e. The molecule has 0 radical (unpaired) electrons. The molecule has 0 fully saturated rings. The van der Waals surface area contributed by atoms with Gasteiger partial charge in [0.1, 0.15) is 11.5 Å². The van der Waals surface area contributed by atoms with Gasteiger partial charge in [-0.25, -0.2) is 4.79 Å². The van der Waals surface area contributed by atoms with E-state index in [0.717, 1.165) is 0 Å². The van der Waals surface area contributed by atoms with E-state index in [2.05, 4.69) is 21.3 Å². The quantitative estimate of drug-likeness (QED) is 0.237. The molecule has 0 aliphatic rings. The van der Waals surface area contributed by atoms with Gasteiger partial charge < -0.3 is 30.7 Å². The summed E-state index contributed by atoms with van der Waals surface area (Å²) in [5, 5.41) is 11.0. The van der Waals surface area contributed by atoms with Crippen molar-refractivity contribution in [1.29, 1.82) is 0 Å². The highest BCUT2D eigenvalue weighted by molar-refractivity contribution is 6.07. The van der Waals surface area contributed by atoms with E-state index in [-0.39, 0.29) is 11.8 Å². The number of urea groups is 1. The number of nitrogens with one attached hydrogen (secondary N) is 4. The molecule has 0 unspecified atom stereocenters. The highest BCUT2D eigenvalue weighted by Gasteiger charge is 2.12. The van der Waals surface area contributed by atoms with Crippen molar-refractivity contribution in [2.75, 3.05) is 35.5 Å². The predicted molar refractivity (Wildman–Crippen MR) is 147 cm³/mol. The first-order chi connectivity index (χ1) is 18.5. The number of hydrogen-bond donors (Lipinski definition) is 4. The average Bonchev–Trinajstić information content (AvgIpc) is 2.94. The Morgan fingerprint density at radius 3 is 1.24 bits per heavy atom. The van der Waals surface area contributed by atoms with E-state index in [1.807, 2.05) is 12.1 Å². The van der Waals surface area contributed by atoms with Crippen LogP contribution in [0, 0.1) is 0 Å². The number of anilines is 4. The number of carbonyl (C=O) groups is 3. The number of carbonyl (C=O) groups excluding carboxylic acids is 3. The molecule has 9 heteroatoms. The van der Waals surface area contributed by atoms with Crippen molar-refractivity contribution < 1.29 is 23.9 Å². The Hall–Kier alpha value is -5.31. The van der Waals surface area contributed by atoms with Crippen molar-refractivity contribution in [2.45, 2.75) is 0 Å². The second-order valence-electron chi connectivity index (χ2n) is 8.04. The molecule has 0 bridgehead atoms. The average molecular weight is 511 g/mol. The fraction of sp³-hybridized carbons (Fsp3) is 0.0690. The third-order valence-corrected chi connectivity index (χ3v) is 5.52. The zero-order valence-electron chi connectivity index (χ0n) is 20.8. The number of ether oxygens (including phenoxy) is 2. The van der Waals surface area contributed by atoms with Crippen molar-refractivity contribution in [3.05, 3.63) is 108 Å². The molecular weight excluding hydrogens is 484 g/mol. The van der Waals surface area contributed by atoms with E-state index < -0.39 is 6.03 Å². The molecule has 0 aliphatic carbocycles. The van der Waals surface area contributed by atoms with Crippen molar-refractivity contribution in [3.63, 3.8) is 0 Å². The molecule has 0 aromatic heterocycles. The lowest BCUT2D eigenvalue weighted by Gasteiger charge is -2.11. The van der Waals surface area contributed by atoms with Crippen LogP contribution in [0.5, 0.6) is 11.5 Å². The molecule has 38 heavy (non-hydrogen) atoms. The third-order valence-electron chi connectivity index (χ3n) is 5.52. The van der Waals surface area contributed by atoms with Crippen LogP contribution in [0.15, 0.2) is 97.1 Å². The zero-order valence-corrected chi connectivity index (χ0v) is 20.8. The normalized spacial score (nSPS) is 10.2. The topological polar surface area (TPSA) is 118 Å². The summed E-state index contributed by atoms with van der Waals surface area (Å²) in [7, 11) is 3.07. The molecule has 192 valence electrons. The maximum atomic E-state index is 12.6. The fourth-order valence-corrected chi connectivity index (χ4v) is 3.59. The molecule has 0 heterocycles. The molecule has 9 nitrogen and oxygen atoms in total. The Kier molecular flexibility index (Phi) is 8.20. The van der Waals surface area contributed by atoms with Gasteiger partial charge in [-0.05, 0) is 72.8 Å². The van der Waals surface area contributed by atoms with E-state index in [4.69, 9.17) is 9.47 Å². The van der Waals surface area contributed by atoms with Crippen LogP contribution in [0.2, 0.25) is 0 Å². The molecule has 4 aromatic carbocycles. The van der Waals surface area contributed by atoms with Crippen LogP contribution in [0.4, 0.5) is 27.5 Å². The van der Waals surface area contributed by atoms with Gasteiger partial charge in [0.15, 0.2) is 0 Å². The Morgan fingerprint density at radius 2 is 0.868 bits per heavy atom. The number of benzene rings is 4. The van der Waals surface area contributed by atoms with E-state index in [9.17, 15) is 14.4 Å². The van der Waals surface area contributed by atoms with Crippen LogP contribution in [0.25, 0.3) is 0 Å². The Morgan fingerprint density at radius 1 is 0.500 bits per heavy atom. The zero-order chi connectivity index (χ0) is 26.9. The van der Waals surface area contributed by atoms with E-state index >= 15 is 0 Å².